The van der Waals surface area contributed by atoms with E-state index in [9.17, 15) is 36.3 Å². The Morgan fingerprint density at radius 3 is 2.59 bits per heavy atom. The number of H-pyrrole nitrogens is 1. The average molecular weight is 415 g/mol. The molecule has 0 aliphatic carbocycles. The molecule has 0 radical (unpaired) electrons. The second-order valence-electron chi connectivity index (χ2n) is 6.40. The van der Waals surface area contributed by atoms with E-state index in [1.54, 1.807) is 5.32 Å². The number of aromatic amines is 1. The summed E-state index contributed by atoms with van der Waals surface area (Å²) < 4.78 is 63.9. The van der Waals surface area contributed by atoms with Crippen LogP contribution >= 0.6 is 0 Å². The van der Waals surface area contributed by atoms with E-state index in [-0.39, 0.29) is 30.6 Å². The van der Waals surface area contributed by atoms with Gasteiger partial charge in [0.15, 0.2) is 0 Å². The number of hydrogen-bond acceptors (Lipinski definition) is 3. The standard InChI is InChI=1S/C18H14F5N3O3/c19-10-1-2-12(13(20)5-10)17(29)26-4-3-11-9(7-26)6-24-15(27)14(11)16(28)25-8-18(21,22)23/h1-2,5-6H,3-4,7-8H2,(H,24,27)(H,25,28). The molecule has 0 atom stereocenters. The highest BCUT2D eigenvalue weighted by molar-refractivity contribution is 5.96. The SMILES string of the molecule is O=C(NCC(F)(F)F)c1c2c(c[nH]c1=O)CN(C(=O)c1ccc(F)cc1F)CC2. The number of alkyl halides is 3. The Morgan fingerprint density at radius 1 is 1.21 bits per heavy atom. The van der Waals surface area contributed by atoms with Crippen LogP contribution in [0.5, 0.6) is 0 Å². The summed E-state index contributed by atoms with van der Waals surface area (Å²) in [6, 6.07) is 2.52. The summed E-state index contributed by atoms with van der Waals surface area (Å²) in [5.41, 5.74) is -1.09. The Morgan fingerprint density at radius 2 is 1.93 bits per heavy atom. The maximum atomic E-state index is 13.9. The Kier molecular flexibility index (Phi) is 5.40. The van der Waals surface area contributed by atoms with E-state index in [0.29, 0.717) is 11.6 Å². The first-order valence-corrected chi connectivity index (χ1v) is 8.39. The predicted octanol–water partition coefficient (Wildman–Crippen LogP) is 2.14. The number of nitrogens with zero attached hydrogens (tertiary/aromatic N) is 1. The van der Waals surface area contributed by atoms with E-state index in [0.717, 1.165) is 12.1 Å². The Hall–Kier alpha value is -3.24. The van der Waals surface area contributed by atoms with Crippen LogP contribution in [0.3, 0.4) is 0 Å². The van der Waals surface area contributed by atoms with Crippen molar-refractivity contribution in [2.45, 2.75) is 19.1 Å². The van der Waals surface area contributed by atoms with Crippen molar-refractivity contribution < 1.29 is 31.5 Å². The number of amides is 2. The van der Waals surface area contributed by atoms with Crippen LogP contribution in [-0.4, -0.2) is 41.0 Å². The van der Waals surface area contributed by atoms with Crippen molar-refractivity contribution in [3.8, 4) is 0 Å². The second kappa shape index (κ2) is 7.64. The van der Waals surface area contributed by atoms with Gasteiger partial charge in [-0.1, -0.05) is 0 Å². The first kappa shape index (κ1) is 20.5. The highest BCUT2D eigenvalue weighted by Gasteiger charge is 2.31. The summed E-state index contributed by atoms with van der Waals surface area (Å²) in [7, 11) is 0. The molecule has 0 fully saturated rings. The normalized spacial score (nSPS) is 13.8. The molecule has 154 valence electrons. The monoisotopic (exact) mass is 415 g/mol. The number of fused-ring (bicyclic) bond motifs is 1. The van der Waals surface area contributed by atoms with Crippen LogP contribution in [0.25, 0.3) is 0 Å². The molecule has 2 N–H and O–H groups in total. The van der Waals surface area contributed by atoms with Gasteiger partial charge in [-0.2, -0.15) is 13.2 Å². The minimum Gasteiger partial charge on any atom is -0.343 e. The molecule has 11 heteroatoms. The first-order valence-electron chi connectivity index (χ1n) is 8.39. The van der Waals surface area contributed by atoms with Crippen LogP contribution in [0, 0.1) is 11.6 Å². The van der Waals surface area contributed by atoms with Crippen LogP contribution in [0.2, 0.25) is 0 Å². The summed E-state index contributed by atoms with van der Waals surface area (Å²) in [6.07, 6.45) is -3.39. The van der Waals surface area contributed by atoms with Gasteiger partial charge in [-0.05, 0) is 29.7 Å². The van der Waals surface area contributed by atoms with Crippen molar-refractivity contribution in [2.24, 2.45) is 0 Å². The number of aromatic nitrogens is 1. The summed E-state index contributed by atoms with van der Waals surface area (Å²) in [6.45, 7) is -1.71. The van der Waals surface area contributed by atoms with E-state index in [2.05, 4.69) is 4.98 Å². The molecule has 1 aliphatic rings. The molecule has 0 spiro atoms. The lowest BCUT2D eigenvalue weighted by molar-refractivity contribution is -0.123. The molecule has 1 aromatic carbocycles. The third-order valence-electron chi connectivity index (χ3n) is 4.41. The molecule has 1 aromatic heterocycles. The number of carbonyl (C=O) groups is 2. The number of nitrogens with one attached hydrogen (secondary N) is 2. The van der Waals surface area contributed by atoms with E-state index in [4.69, 9.17) is 0 Å². The number of pyridine rings is 1. The van der Waals surface area contributed by atoms with Gasteiger partial charge in [0.1, 0.15) is 23.7 Å². The van der Waals surface area contributed by atoms with Crippen LogP contribution in [0.15, 0.2) is 29.2 Å². The molecule has 29 heavy (non-hydrogen) atoms. The van der Waals surface area contributed by atoms with Gasteiger partial charge < -0.3 is 15.2 Å². The summed E-state index contributed by atoms with van der Waals surface area (Å²) in [5, 5.41) is 1.65. The van der Waals surface area contributed by atoms with Gasteiger partial charge in [0.05, 0.1) is 5.56 Å². The highest BCUT2D eigenvalue weighted by Crippen LogP contribution is 2.23. The number of halogens is 5. The molecule has 2 amide bonds. The largest absolute Gasteiger partial charge is 0.405 e. The fourth-order valence-electron chi connectivity index (χ4n) is 3.08. The Labute approximate surface area is 160 Å². The summed E-state index contributed by atoms with van der Waals surface area (Å²) in [5.74, 6) is -3.77. The minimum atomic E-state index is -4.64. The number of hydrogen-bond donors (Lipinski definition) is 2. The Balaban J connectivity index is 1.85. The van der Waals surface area contributed by atoms with E-state index >= 15 is 0 Å². The van der Waals surface area contributed by atoms with Crippen LogP contribution < -0.4 is 10.9 Å². The maximum Gasteiger partial charge on any atom is 0.405 e. The van der Waals surface area contributed by atoms with Crippen LogP contribution in [0.4, 0.5) is 22.0 Å². The zero-order chi connectivity index (χ0) is 21.3. The van der Waals surface area contributed by atoms with Crippen molar-refractivity contribution in [3.63, 3.8) is 0 Å². The fourth-order valence-corrected chi connectivity index (χ4v) is 3.08. The zero-order valence-corrected chi connectivity index (χ0v) is 14.7. The minimum absolute atomic E-state index is 0.00256. The number of rotatable bonds is 3. The predicted molar refractivity (Wildman–Crippen MR) is 90.3 cm³/mol. The number of benzene rings is 1. The molecule has 2 aromatic rings. The molecular formula is C18H14F5N3O3. The molecule has 0 unspecified atom stereocenters. The van der Waals surface area contributed by atoms with Gasteiger partial charge in [0.2, 0.25) is 0 Å². The van der Waals surface area contributed by atoms with Gasteiger partial charge in [-0.15, -0.1) is 0 Å². The third-order valence-corrected chi connectivity index (χ3v) is 4.41. The third kappa shape index (κ3) is 4.44. The van der Waals surface area contributed by atoms with E-state index < -0.39 is 47.3 Å². The van der Waals surface area contributed by atoms with Gasteiger partial charge in [0.25, 0.3) is 17.4 Å². The molecule has 0 saturated heterocycles. The molecule has 3 rings (SSSR count). The van der Waals surface area contributed by atoms with Crippen LogP contribution in [0.1, 0.15) is 31.8 Å². The molecular weight excluding hydrogens is 401 g/mol. The van der Waals surface area contributed by atoms with Crippen molar-refractivity contribution in [3.05, 3.63) is 68.6 Å². The van der Waals surface area contributed by atoms with Gasteiger partial charge >= 0.3 is 6.18 Å². The van der Waals surface area contributed by atoms with Crippen LogP contribution in [-0.2, 0) is 13.0 Å². The van der Waals surface area contributed by atoms with Crippen molar-refractivity contribution >= 4 is 11.8 Å². The lowest BCUT2D eigenvalue weighted by atomic mass is 9.96. The summed E-state index contributed by atoms with van der Waals surface area (Å²) >= 11 is 0. The average Bonchev–Trinajstić information content (AvgIpc) is 2.64. The smallest absolute Gasteiger partial charge is 0.343 e. The number of carbonyl (C=O) groups excluding carboxylic acids is 2. The van der Waals surface area contributed by atoms with Crippen molar-refractivity contribution in [1.29, 1.82) is 0 Å². The molecule has 6 nitrogen and oxygen atoms in total. The lowest BCUT2D eigenvalue weighted by Gasteiger charge is -2.29. The van der Waals surface area contributed by atoms with E-state index in [1.807, 2.05) is 0 Å². The van der Waals surface area contributed by atoms with Gasteiger partial charge in [0, 0.05) is 25.4 Å². The van der Waals surface area contributed by atoms with Gasteiger partial charge in [-0.25, -0.2) is 8.78 Å². The van der Waals surface area contributed by atoms with Crippen molar-refractivity contribution in [2.75, 3.05) is 13.1 Å². The highest BCUT2D eigenvalue weighted by atomic mass is 19.4. The molecule has 1 aliphatic heterocycles. The topological polar surface area (TPSA) is 82.3 Å². The lowest BCUT2D eigenvalue weighted by Crippen LogP contribution is -2.41. The molecule has 0 bridgehead atoms. The fraction of sp³-hybridized carbons (Fsp3) is 0.278. The maximum absolute atomic E-state index is 13.9. The molecule has 2 heterocycles. The second-order valence-corrected chi connectivity index (χ2v) is 6.40. The first-order chi connectivity index (χ1) is 13.6. The van der Waals surface area contributed by atoms with Gasteiger partial charge in [-0.3, -0.25) is 14.4 Å². The summed E-state index contributed by atoms with van der Waals surface area (Å²) in [4.78, 5) is 40.1. The Bertz CT molecular complexity index is 1030. The quantitative estimate of drug-likeness (QED) is 0.754. The van der Waals surface area contributed by atoms with Crippen molar-refractivity contribution in [1.82, 2.24) is 15.2 Å². The molecule has 0 saturated carbocycles. The van der Waals surface area contributed by atoms with E-state index in [1.165, 1.54) is 11.1 Å². The zero-order valence-electron chi connectivity index (χ0n) is 14.7.